The molecule has 0 aromatic heterocycles. The molecule has 146 valence electrons. The average Bonchev–Trinajstić information content (AvgIpc) is 2.91. The minimum atomic E-state index is -3.62. The number of amides is 3. The third kappa shape index (κ3) is 3.67. The molecule has 0 atom stereocenters. The summed E-state index contributed by atoms with van der Waals surface area (Å²) >= 11 is 0. The highest BCUT2D eigenvalue weighted by atomic mass is 32.2. The molecule has 0 spiro atoms. The molecule has 9 heteroatoms. The fourth-order valence-corrected chi connectivity index (χ4v) is 3.77. The molecule has 0 bridgehead atoms. The number of sulfonamides is 1. The van der Waals surface area contributed by atoms with Crippen molar-refractivity contribution in [2.75, 3.05) is 26.0 Å². The van der Waals surface area contributed by atoms with Crippen LogP contribution in [0, 0.1) is 0 Å². The van der Waals surface area contributed by atoms with E-state index in [1.54, 1.807) is 30.3 Å². The number of nitrogens with one attached hydrogen (secondary N) is 1. The molecule has 0 saturated heterocycles. The van der Waals surface area contributed by atoms with Gasteiger partial charge in [-0.2, -0.15) is 0 Å². The van der Waals surface area contributed by atoms with E-state index in [-0.39, 0.29) is 17.9 Å². The van der Waals surface area contributed by atoms with E-state index in [0.29, 0.717) is 16.8 Å². The van der Waals surface area contributed by atoms with E-state index in [0.717, 1.165) is 9.21 Å². The van der Waals surface area contributed by atoms with Gasteiger partial charge in [0.1, 0.15) is 0 Å². The predicted molar refractivity (Wildman–Crippen MR) is 102 cm³/mol. The van der Waals surface area contributed by atoms with Crippen LogP contribution in [-0.2, 0) is 14.8 Å². The van der Waals surface area contributed by atoms with E-state index >= 15 is 0 Å². The number of fused-ring (bicyclic) bond motifs is 1. The standard InChI is InChI=1S/C19H19N3O5S/c1-21(2)28(26,27)14-7-5-6-13(12-14)20-17(23)10-11-22-18(24)15-8-3-4-9-16(15)19(22)25/h3-9,12H,10-11H2,1-2H3,(H,20,23). The molecule has 1 heterocycles. The molecule has 3 amide bonds. The molecule has 0 saturated carbocycles. The third-order valence-electron chi connectivity index (χ3n) is 4.34. The highest BCUT2D eigenvalue weighted by Crippen LogP contribution is 2.23. The zero-order valence-electron chi connectivity index (χ0n) is 15.4. The van der Waals surface area contributed by atoms with Crippen LogP contribution in [0.1, 0.15) is 27.1 Å². The van der Waals surface area contributed by atoms with E-state index in [2.05, 4.69) is 5.32 Å². The third-order valence-corrected chi connectivity index (χ3v) is 6.15. The van der Waals surface area contributed by atoms with Crippen molar-refractivity contribution in [1.29, 1.82) is 0 Å². The highest BCUT2D eigenvalue weighted by Gasteiger charge is 2.34. The monoisotopic (exact) mass is 401 g/mol. The predicted octanol–water partition coefficient (Wildman–Crippen LogP) is 1.56. The number of benzene rings is 2. The minimum Gasteiger partial charge on any atom is -0.326 e. The van der Waals surface area contributed by atoms with Crippen LogP contribution in [0.3, 0.4) is 0 Å². The Labute approximate surface area is 162 Å². The Morgan fingerprint density at radius 1 is 1.00 bits per heavy atom. The van der Waals surface area contributed by atoms with Crippen molar-refractivity contribution in [3.8, 4) is 0 Å². The summed E-state index contributed by atoms with van der Waals surface area (Å²) in [5.74, 6) is -1.28. The topological polar surface area (TPSA) is 104 Å². The zero-order chi connectivity index (χ0) is 20.5. The molecular weight excluding hydrogens is 382 g/mol. The molecule has 28 heavy (non-hydrogen) atoms. The number of carbonyl (C=O) groups excluding carboxylic acids is 3. The summed E-state index contributed by atoms with van der Waals surface area (Å²) in [6.45, 7) is -0.0616. The first-order valence-corrected chi connectivity index (χ1v) is 9.93. The van der Waals surface area contributed by atoms with Gasteiger partial charge in [0.15, 0.2) is 0 Å². The number of rotatable bonds is 6. The lowest BCUT2D eigenvalue weighted by atomic mass is 10.1. The molecule has 0 radical (unpaired) electrons. The summed E-state index contributed by atoms with van der Waals surface area (Å²) in [4.78, 5) is 37.9. The maximum Gasteiger partial charge on any atom is 0.261 e. The van der Waals surface area contributed by atoms with Crippen LogP contribution in [0.5, 0.6) is 0 Å². The van der Waals surface area contributed by atoms with Crippen molar-refractivity contribution in [3.63, 3.8) is 0 Å². The second-order valence-electron chi connectivity index (χ2n) is 6.42. The second kappa shape index (κ2) is 7.53. The van der Waals surface area contributed by atoms with Gasteiger partial charge in [0.25, 0.3) is 11.8 Å². The summed E-state index contributed by atoms with van der Waals surface area (Å²) in [5.41, 5.74) is 0.972. The van der Waals surface area contributed by atoms with E-state index in [4.69, 9.17) is 0 Å². The molecule has 2 aromatic carbocycles. The molecule has 2 aromatic rings. The number of hydrogen-bond acceptors (Lipinski definition) is 5. The van der Waals surface area contributed by atoms with Crippen molar-refractivity contribution in [1.82, 2.24) is 9.21 Å². The van der Waals surface area contributed by atoms with Gasteiger partial charge in [-0.15, -0.1) is 0 Å². The van der Waals surface area contributed by atoms with Crippen LogP contribution in [-0.4, -0.2) is 56.0 Å². The number of carbonyl (C=O) groups is 3. The van der Waals surface area contributed by atoms with Crippen LogP contribution >= 0.6 is 0 Å². The number of imide groups is 1. The van der Waals surface area contributed by atoms with Crippen LogP contribution in [0.25, 0.3) is 0 Å². The largest absolute Gasteiger partial charge is 0.326 e. The van der Waals surface area contributed by atoms with Crippen molar-refractivity contribution >= 4 is 33.4 Å². The van der Waals surface area contributed by atoms with Gasteiger partial charge in [0.2, 0.25) is 15.9 Å². The van der Waals surface area contributed by atoms with Gasteiger partial charge in [-0.3, -0.25) is 19.3 Å². The van der Waals surface area contributed by atoms with Gasteiger partial charge in [-0.05, 0) is 30.3 Å². The molecule has 8 nitrogen and oxygen atoms in total. The Balaban J connectivity index is 1.65. The fourth-order valence-electron chi connectivity index (χ4n) is 2.82. The first-order valence-electron chi connectivity index (χ1n) is 8.49. The van der Waals surface area contributed by atoms with Gasteiger partial charge in [0.05, 0.1) is 16.0 Å². The molecule has 3 rings (SSSR count). The lowest BCUT2D eigenvalue weighted by Gasteiger charge is -2.14. The van der Waals surface area contributed by atoms with E-state index < -0.39 is 27.7 Å². The lowest BCUT2D eigenvalue weighted by molar-refractivity contribution is -0.116. The smallest absolute Gasteiger partial charge is 0.261 e. The maximum atomic E-state index is 12.3. The van der Waals surface area contributed by atoms with Crippen molar-refractivity contribution in [2.24, 2.45) is 0 Å². The molecule has 1 N–H and O–H groups in total. The van der Waals surface area contributed by atoms with Gasteiger partial charge in [0, 0.05) is 32.7 Å². The number of hydrogen-bond donors (Lipinski definition) is 1. The van der Waals surface area contributed by atoms with Crippen LogP contribution in [0.15, 0.2) is 53.4 Å². The van der Waals surface area contributed by atoms with Crippen molar-refractivity contribution < 1.29 is 22.8 Å². The Hall–Kier alpha value is -3.04. The fraction of sp³-hybridized carbons (Fsp3) is 0.211. The second-order valence-corrected chi connectivity index (χ2v) is 8.57. The molecule has 1 aliphatic heterocycles. The first kappa shape index (κ1) is 19.7. The molecule has 0 unspecified atom stereocenters. The molecular formula is C19H19N3O5S. The van der Waals surface area contributed by atoms with Gasteiger partial charge < -0.3 is 5.32 Å². The maximum absolute atomic E-state index is 12.3. The van der Waals surface area contributed by atoms with Gasteiger partial charge in [-0.25, -0.2) is 12.7 Å². The number of anilines is 1. The normalized spacial score (nSPS) is 13.8. The Morgan fingerprint density at radius 3 is 2.18 bits per heavy atom. The van der Waals surface area contributed by atoms with E-state index in [9.17, 15) is 22.8 Å². The molecule has 0 aliphatic carbocycles. The number of nitrogens with zero attached hydrogens (tertiary/aromatic N) is 2. The van der Waals surface area contributed by atoms with Crippen molar-refractivity contribution in [2.45, 2.75) is 11.3 Å². The minimum absolute atomic E-state index is 0.0515. The van der Waals surface area contributed by atoms with Crippen LogP contribution in [0.2, 0.25) is 0 Å². The highest BCUT2D eigenvalue weighted by molar-refractivity contribution is 7.89. The Morgan fingerprint density at radius 2 is 1.61 bits per heavy atom. The summed E-state index contributed by atoms with van der Waals surface area (Å²) in [6, 6.07) is 12.4. The van der Waals surface area contributed by atoms with Crippen LogP contribution < -0.4 is 5.32 Å². The lowest BCUT2D eigenvalue weighted by Crippen LogP contribution is -2.32. The summed E-state index contributed by atoms with van der Waals surface area (Å²) in [7, 11) is -0.783. The Kier molecular flexibility index (Phi) is 5.30. The van der Waals surface area contributed by atoms with Gasteiger partial charge >= 0.3 is 0 Å². The summed E-state index contributed by atoms with van der Waals surface area (Å²) in [5, 5.41) is 2.60. The quantitative estimate of drug-likeness (QED) is 0.740. The van der Waals surface area contributed by atoms with E-state index in [1.165, 1.54) is 32.3 Å². The summed E-state index contributed by atoms with van der Waals surface area (Å²) in [6.07, 6.45) is -0.101. The first-order chi connectivity index (χ1) is 13.2. The van der Waals surface area contributed by atoms with Crippen molar-refractivity contribution in [3.05, 3.63) is 59.7 Å². The van der Waals surface area contributed by atoms with Crippen LogP contribution in [0.4, 0.5) is 5.69 Å². The molecule has 1 aliphatic rings. The van der Waals surface area contributed by atoms with Gasteiger partial charge in [-0.1, -0.05) is 18.2 Å². The SMILES string of the molecule is CN(C)S(=O)(=O)c1cccc(NC(=O)CCN2C(=O)c3ccccc3C2=O)c1. The summed E-state index contributed by atoms with van der Waals surface area (Å²) < 4.78 is 25.4. The zero-order valence-corrected chi connectivity index (χ0v) is 16.2. The molecule has 0 fully saturated rings. The van der Waals surface area contributed by atoms with E-state index in [1.807, 2.05) is 0 Å². The average molecular weight is 401 g/mol. The Bertz CT molecular complexity index is 1030.